The number of hydrogen-bond donors (Lipinski definition) is 1. The van der Waals surface area contributed by atoms with E-state index in [-0.39, 0.29) is 53.4 Å². The first-order valence-corrected chi connectivity index (χ1v) is 20.3. The molecule has 2 amide bonds. The van der Waals surface area contributed by atoms with Crippen molar-refractivity contribution >= 4 is 57.2 Å². The van der Waals surface area contributed by atoms with Gasteiger partial charge in [0.2, 0.25) is 0 Å². The minimum absolute atomic E-state index is 0.0306. The van der Waals surface area contributed by atoms with E-state index in [4.69, 9.17) is 14.5 Å². The molecule has 0 aromatic carbocycles. The van der Waals surface area contributed by atoms with Gasteiger partial charge >= 0.3 is 11.9 Å². The molecule has 10 aliphatic rings. The second-order valence-electron chi connectivity index (χ2n) is 14.7. The summed E-state index contributed by atoms with van der Waals surface area (Å²) in [6, 6.07) is 1.97. The average Bonchev–Trinajstić information content (AvgIpc) is 3.73. The lowest BCUT2D eigenvalue weighted by Crippen LogP contribution is -2.53. The van der Waals surface area contributed by atoms with Gasteiger partial charge < -0.3 is 14.8 Å². The molecule has 258 valence electrons. The highest BCUT2D eigenvalue weighted by Crippen LogP contribution is 2.72. The Morgan fingerprint density at radius 2 is 1.94 bits per heavy atom. The Labute approximate surface area is 299 Å². The third kappa shape index (κ3) is 4.71. The molecule has 50 heavy (non-hydrogen) atoms. The number of fused-ring (bicyclic) bond motifs is 6. The molecule has 11 rings (SSSR count). The molecule has 1 saturated heterocycles. The Bertz CT molecular complexity index is 1920. The van der Waals surface area contributed by atoms with Gasteiger partial charge in [0.25, 0.3) is 11.8 Å². The molecule has 1 saturated carbocycles. The van der Waals surface area contributed by atoms with Crippen molar-refractivity contribution < 1.29 is 28.7 Å². The fourth-order valence-corrected chi connectivity index (χ4v) is 12.6. The number of carbonyl (C=O) groups is 4. The maximum atomic E-state index is 14.6. The van der Waals surface area contributed by atoms with Crippen LogP contribution in [-0.4, -0.2) is 51.3 Å². The number of cyclic esters (lactones) is 1. The number of carbonyl (C=O) groups excluding carboxylic acids is 4. The normalized spacial score (nSPS) is 34.7. The van der Waals surface area contributed by atoms with Crippen molar-refractivity contribution in [2.45, 2.75) is 70.1 Å². The molecule has 11 heteroatoms. The topological polar surface area (TPSA) is 115 Å². The highest BCUT2D eigenvalue weighted by Gasteiger charge is 2.69. The number of esters is 2. The van der Waals surface area contributed by atoms with Gasteiger partial charge in [0.15, 0.2) is 0 Å². The van der Waals surface area contributed by atoms with Crippen LogP contribution < -0.4 is 5.32 Å². The van der Waals surface area contributed by atoms with Crippen LogP contribution in [0.15, 0.2) is 76.5 Å². The van der Waals surface area contributed by atoms with Crippen molar-refractivity contribution in [3.8, 4) is 0 Å². The SMILES string of the molecule is CCCC=C1OC(=O)C2=C1CCC1C3CCC4(C5=CCC(C)CSSC6C=Cc7c(ccnc7N6)C(CN6C(=O)C=CC6=O)C3=C4C(=O)O5)C21. The average molecular weight is 710 g/mol. The fourth-order valence-electron chi connectivity index (χ4n) is 9.95. The van der Waals surface area contributed by atoms with E-state index in [1.807, 2.05) is 12.1 Å². The lowest BCUT2D eigenvalue weighted by Gasteiger charge is -2.57. The molecular weight excluding hydrogens is 671 g/mol. The highest BCUT2D eigenvalue weighted by molar-refractivity contribution is 8.77. The first-order chi connectivity index (χ1) is 24.3. The maximum Gasteiger partial charge on any atom is 0.340 e. The molecule has 7 unspecified atom stereocenters. The first kappa shape index (κ1) is 32.1. The van der Waals surface area contributed by atoms with E-state index in [0.717, 1.165) is 72.4 Å². The van der Waals surface area contributed by atoms with E-state index in [9.17, 15) is 19.2 Å². The second-order valence-corrected chi connectivity index (χ2v) is 17.3. The predicted octanol–water partition coefficient (Wildman–Crippen LogP) is 6.99. The zero-order valence-corrected chi connectivity index (χ0v) is 29.7. The maximum absolute atomic E-state index is 14.6. The summed E-state index contributed by atoms with van der Waals surface area (Å²) >= 11 is 0. The van der Waals surface area contributed by atoms with Crippen LogP contribution in [0.1, 0.15) is 75.8 Å². The van der Waals surface area contributed by atoms with Crippen LogP contribution in [0.4, 0.5) is 5.82 Å². The van der Waals surface area contributed by atoms with Gasteiger partial charge in [-0.05, 0) is 85.6 Å². The van der Waals surface area contributed by atoms with E-state index < -0.39 is 11.3 Å². The molecule has 1 spiro atoms. The van der Waals surface area contributed by atoms with E-state index in [1.54, 1.807) is 27.8 Å². The largest absolute Gasteiger partial charge is 0.427 e. The van der Waals surface area contributed by atoms with Crippen molar-refractivity contribution in [1.29, 1.82) is 0 Å². The summed E-state index contributed by atoms with van der Waals surface area (Å²) in [6.07, 6.45) is 18.4. The number of amides is 2. The minimum atomic E-state index is -0.841. The van der Waals surface area contributed by atoms with E-state index in [0.29, 0.717) is 35.0 Å². The zero-order chi connectivity index (χ0) is 34.3. The Kier molecular flexibility index (Phi) is 7.80. The molecule has 1 aromatic heterocycles. The number of ether oxygens (including phenoxy) is 2. The van der Waals surface area contributed by atoms with Gasteiger partial charge in [-0.1, -0.05) is 54.0 Å². The van der Waals surface area contributed by atoms with Crippen molar-refractivity contribution in [1.82, 2.24) is 9.88 Å². The second kappa shape index (κ2) is 12.1. The minimum Gasteiger partial charge on any atom is -0.427 e. The number of nitrogens with zero attached hydrogens (tertiary/aromatic N) is 2. The first-order valence-electron chi connectivity index (χ1n) is 17.9. The van der Waals surface area contributed by atoms with Crippen molar-refractivity contribution in [2.75, 3.05) is 17.6 Å². The molecule has 2 fully saturated rings. The Morgan fingerprint density at radius 1 is 1.10 bits per heavy atom. The smallest absolute Gasteiger partial charge is 0.340 e. The van der Waals surface area contributed by atoms with Gasteiger partial charge in [-0.3, -0.25) is 14.5 Å². The summed E-state index contributed by atoms with van der Waals surface area (Å²) in [7, 11) is 3.55. The number of imide groups is 1. The van der Waals surface area contributed by atoms with Gasteiger partial charge in [-0.25, -0.2) is 14.6 Å². The molecule has 4 aliphatic carbocycles. The van der Waals surface area contributed by atoms with Crippen molar-refractivity contribution in [3.05, 3.63) is 87.6 Å². The van der Waals surface area contributed by atoms with Gasteiger partial charge in [-0.2, -0.15) is 0 Å². The van der Waals surface area contributed by atoms with Crippen LogP contribution in [0.25, 0.3) is 6.08 Å². The molecule has 1 N–H and O–H groups in total. The number of anilines is 1. The van der Waals surface area contributed by atoms with Crippen LogP contribution >= 0.6 is 21.6 Å². The Hall–Kier alpha value is -3.83. The molecule has 6 aliphatic heterocycles. The summed E-state index contributed by atoms with van der Waals surface area (Å²) in [5.74, 6) is 1.17. The quantitative estimate of drug-likeness (QED) is 0.199. The number of rotatable bonds is 4. The molecule has 7 atom stereocenters. The Balaban J connectivity index is 1.30. The molecule has 1 aromatic rings. The van der Waals surface area contributed by atoms with Gasteiger partial charge in [-0.15, -0.1) is 0 Å². The molecule has 9 bridgehead atoms. The number of unbranched alkanes of at least 4 members (excludes halogenated alkanes) is 1. The monoisotopic (exact) mass is 709 g/mol. The number of aromatic nitrogens is 1. The predicted molar refractivity (Wildman–Crippen MR) is 192 cm³/mol. The van der Waals surface area contributed by atoms with Crippen LogP contribution in [0, 0.1) is 29.1 Å². The number of nitrogens with one attached hydrogen (secondary N) is 1. The van der Waals surface area contributed by atoms with Crippen molar-refractivity contribution in [3.63, 3.8) is 0 Å². The molecule has 0 radical (unpaired) electrons. The van der Waals surface area contributed by atoms with Gasteiger partial charge in [0.05, 0.1) is 11.0 Å². The summed E-state index contributed by atoms with van der Waals surface area (Å²) in [5.41, 5.74) is 4.24. The lowest BCUT2D eigenvalue weighted by molar-refractivity contribution is -0.137. The summed E-state index contributed by atoms with van der Waals surface area (Å²) < 4.78 is 12.4. The van der Waals surface area contributed by atoms with Crippen LogP contribution in [0.2, 0.25) is 0 Å². The molecular formula is C39H39N3O6S2. The van der Waals surface area contributed by atoms with Crippen LogP contribution in [0.5, 0.6) is 0 Å². The number of pyridine rings is 1. The van der Waals surface area contributed by atoms with Gasteiger partial charge in [0.1, 0.15) is 22.7 Å². The summed E-state index contributed by atoms with van der Waals surface area (Å²) in [6.45, 7) is 4.42. The van der Waals surface area contributed by atoms with Crippen molar-refractivity contribution in [2.24, 2.45) is 29.1 Å². The zero-order valence-electron chi connectivity index (χ0n) is 28.1. The summed E-state index contributed by atoms with van der Waals surface area (Å²) in [5, 5.41) is 3.62. The van der Waals surface area contributed by atoms with Gasteiger partial charge in [0, 0.05) is 59.2 Å². The lowest BCUT2D eigenvalue weighted by atomic mass is 9.43. The highest BCUT2D eigenvalue weighted by atomic mass is 33.1. The number of allylic oxidation sites excluding steroid dienone is 4. The van der Waals surface area contributed by atoms with E-state index >= 15 is 0 Å². The van der Waals surface area contributed by atoms with E-state index in [1.165, 1.54) is 17.1 Å². The van der Waals surface area contributed by atoms with E-state index in [2.05, 4.69) is 37.4 Å². The molecule has 7 heterocycles. The fraction of sp³-hybridized carbons (Fsp3) is 0.462. The number of hydrogen-bond acceptors (Lipinski definition) is 10. The van der Waals surface area contributed by atoms with Crippen LogP contribution in [-0.2, 0) is 28.7 Å². The molecule has 9 nitrogen and oxygen atoms in total. The third-order valence-corrected chi connectivity index (χ3v) is 14.8. The van der Waals surface area contributed by atoms with Crippen LogP contribution in [0.3, 0.4) is 0 Å². The third-order valence-electron chi connectivity index (χ3n) is 12.0. The summed E-state index contributed by atoms with van der Waals surface area (Å²) in [4.78, 5) is 60.8. The Morgan fingerprint density at radius 3 is 2.76 bits per heavy atom. The standard InChI is InChI=1S/C39H39N3O6S2/c1-3-4-5-27-25-8-7-23-22-14-16-39(34(23)33(25)37(45)47-27)28-10-6-20(2)19-49-50-29-11-9-24-21(15-17-40-36(24)41-29)26(32(22)35(39)38(46)48-28)18-42-30(43)12-13-31(42)44/h5,9-13,15,17,20,22-23,26,29,34H,3-4,6-8,14,16,18-19H2,1-2H3,(H,40,41).